The van der Waals surface area contributed by atoms with E-state index in [-0.39, 0.29) is 17.7 Å². The summed E-state index contributed by atoms with van der Waals surface area (Å²) in [5.74, 6) is 3.77. The Morgan fingerprint density at radius 1 is 0.930 bits per heavy atom. The van der Waals surface area contributed by atoms with Crippen molar-refractivity contribution in [2.75, 3.05) is 13.7 Å². The third kappa shape index (κ3) is 6.62. The number of ether oxygens (including phenoxy) is 3. The molecule has 6 rings (SSSR count). The standard InChI is InChI=1S/C36H42ClN3O3/c1-3-4-13-32-39-34(37)33(40(32)25-26-14-18-30(19-15-26)42-29-11-7-5-8-12-29)35-38-24-31(27-16-20-28(41-2)21-17-27)36(43-35)22-9-6-10-23-36/h5,7-8,11-12,14-21,31,35,38H,3-4,6,9-10,13,22-25H2,1-2H3. The van der Waals surface area contributed by atoms with Crippen LogP contribution in [0.1, 0.15) is 86.7 Å². The highest BCUT2D eigenvalue weighted by molar-refractivity contribution is 6.30. The van der Waals surface area contributed by atoms with Crippen LogP contribution in [0, 0.1) is 0 Å². The van der Waals surface area contributed by atoms with Crippen LogP contribution in [0.25, 0.3) is 0 Å². The largest absolute Gasteiger partial charge is 0.497 e. The maximum absolute atomic E-state index is 7.18. The number of methoxy groups -OCH3 is 1. The predicted molar refractivity (Wildman–Crippen MR) is 171 cm³/mol. The van der Waals surface area contributed by atoms with Gasteiger partial charge >= 0.3 is 0 Å². The van der Waals surface area contributed by atoms with Gasteiger partial charge in [-0.2, -0.15) is 0 Å². The SMILES string of the molecule is CCCCc1nc(Cl)c(C2NCC(c3ccc(OC)cc3)C3(CCCCC3)O2)n1Cc1ccc(Oc2ccccc2)cc1. The molecule has 2 unspecified atom stereocenters. The first-order chi connectivity index (χ1) is 21.1. The average molecular weight is 600 g/mol. The summed E-state index contributed by atoms with van der Waals surface area (Å²) < 4.78 is 20.9. The normalized spacial score (nSPS) is 19.8. The van der Waals surface area contributed by atoms with E-state index in [0.717, 1.165) is 73.0 Å². The predicted octanol–water partition coefficient (Wildman–Crippen LogP) is 8.83. The highest BCUT2D eigenvalue weighted by Crippen LogP contribution is 2.48. The van der Waals surface area contributed by atoms with Gasteiger partial charge in [0, 0.05) is 25.4 Å². The molecule has 6 nitrogen and oxygen atoms in total. The van der Waals surface area contributed by atoms with Crippen LogP contribution in [0.4, 0.5) is 0 Å². The van der Waals surface area contributed by atoms with Gasteiger partial charge in [0.2, 0.25) is 0 Å². The molecule has 2 aliphatic rings. The van der Waals surface area contributed by atoms with Crippen molar-refractivity contribution in [1.29, 1.82) is 0 Å². The number of para-hydroxylation sites is 1. The summed E-state index contributed by atoms with van der Waals surface area (Å²) in [6.07, 6.45) is 8.37. The van der Waals surface area contributed by atoms with Crippen molar-refractivity contribution in [3.8, 4) is 17.2 Å². The van der Waals surface area contributed by atoms with Crippen molar-refractivity contribution >= 4 is 11.6 Å². The van der Waals surface area contributed by atoms with E-state index in [1.165, 1.54) is 24.8 Å². The minimum absolute atomic E-state index is 0.249. The van der Waals surface area contributed by atoms with Gasteiger partial charge in [0.15, 0.2) is 11.4 Å². The lowest BCUT2D eigenvalue weighted by molar-refractivity contribution is -0.170. The summed E-state index contributed by atoms with van der Waals surface area (Å²) in [6, 6.07) is 26.7. The second kappa shape index (κ2) is 13.5. The number of aromatic nitrogens is 2. The van der Waals surface area contributed by atoms with Gasteiger partial charge in [-0.3, -0.25) is 5.32 Å². The summed E-state index contributed by atoms with van der Waals surface area (Å²) in [4.78, 5) is 4.89. The number of hydrogen-bond acceptors (Lipinski definition) is 5. The first kappa shape index (κ1) is 29.7. The Hall–Kier alpha value is -3.32. The second-order valence-electron chi connectivity index (χ2n) is 11.8. The molecule has 1 aliphatic heterocycles. The molecule has 7 heteroatoms. The molecule has 43 heavy (non-hydrogen) atoms. The molecule has 2 atom stereocenters. The van der Waals surface area contributed by atoms with Crippen molar-refractivity contribution in [3.63, 3.8) is 0 Å². The first-order valence-electron chi connectivity index (χ1n) is 15.7. The van der Waals surface area contributed by atoms with Crippen LogP contribution in [0.2, 0.25) is 5.15 Å². The molecule has 1 aromatic heterocycles. The Kier molecular flexibility index (Phi) is 9.37. The van der Waals surface area contributed by atoms with Gasteiger partial charge in [0.1, 0.15) is 28.8 Å². The van der Waals surface area contributed by atoms with E-state index in [9.17, 15) is 0 Å². The van der Waals surface area contributed by atoms with Crippen LogP contribution < -0.4 is 14.8 Å². The molecule has 1 saturated heterocycles. The van der Waals surface area contributed by atoms with Crippen LogP contribution in [0.3, 0.4) is 0 Å². The zero-order valence-corrected chi connectivity index (χ0v) is 26.0. The smallest absolute Gasteiger partial charge is 0.154 e. The molecule has 0 radical (unpaired) electrons. The lowest BCUT2D eigenvalue weighted by Gasteiger charge is -2.50. The van der Waals surface area contributed by atoms with E-state index in [1.807, 2.05) is 42.5 Å². The molecule has 1 spiro atoms. The fourth-order valence-corrected chi connectivity index (χ4v) is 7.00. The Morgan fingerprint density at radius 3 is 2.33 bits per heavy atom. The molecule has 1 aliphatic carbocycles. The molecule has 226 valence electrons. The molecule has 1 saturated carbocycles. The van der Waals surface area contributed by atoms with E-state index in [4.69, 9.17) is 30.8 Å². The van der Waals surface area contributed by atoms with E-state index in [0.29, 0.717) is 11.7 Å². The lowest BCUT2D eigenvalue weighted by atomic mass is 9.71. The number of halogens is 1. The van der Waals surface area contributed by atoms with E-state index in [1.54, 1.807) is 7.11 Å². The van der Waals surface area contributed by atoms with Gasteiger partial charge in [-0.15, -0.1) is 0 Å². The number of hydrogen-bond donors (Lipinski definition) is 1. The summed E-state index contributed by atoms with van der Waals surface area (Å²) in [5.41, 5.74) is 3.12. The van der Waals surface area contributed by atoms with Gasteiger partial charge in [-0.25, -0.2) is 4.98 Å². The molecule has 0 amide bonds. The average Bonchev–Trinajstić information content (AvgIpc) is 3.35. The van der Waals surface area contributed by atoms with Crippen molar-refractivity contribution in [3.05, 3.63) is 107 Å². The zero-order chi connectivity index (χ0) is 29.6. The second-order valence-corrected chi connectivity index (χ2v) is 12.2. The number of nitrogens with one attached hydrogen (secondary N) is 1. The van der Waals surface area contributed by atoms with E-state index in [2.05, 4.69) is 53.2 Å². The van der Waals surface area contributed by atoms with Crippen LogP contribution in [0.5, 0.6) is 17.2 Å². The van der Waals surface area contributed by atoms with Crippen LogP contribution in [0.15, 0.2) is 78.9 Å². The number of imidazole rings is 1. The number of unbranched alkanes of at least 4 members (excludes halogenated alkanes) is 1. The molecular weight excluding hydrogens is 558 g/mol. The molecule has 3 aromatic carbocycles. The highest BCUT2D eigenvalue weighted by Gasteiger charge is 2.47. The minimum Gasteiger partial charge on any atom is -0.497 e. The van der Waals surface area contributed by atoms with Crippen molar-refractivity contribution in [2.45, 2.75) is 82.6 Å². The fourth-order valence-electron chi connectivity index (χ4n) is 6.70. The molecular formula is C36H42ClN3O3. The number of nitrogens with zero attached hydrogens (tertiary/aromatic N) is 2. The minimum atomic E-state index is -0.330. The number of rotatable bonds is 10. The van der Waals surface area contributed by atoms with E-state index >= 15 is 0 Å². The summed E-state index contributed by atoms with van der Waals surface area (Å²) in [6.45, 7) is 3.68. The van der Waals surface area contributed by atoms with Gasteiger partial charge in [-0.1, -0.05) is 86.7 Å². The van der Waals surface area contributed by atoms with Crippen LogP contribution >= 0.6 is 11.6 Å². The van der Waals surface area contributed by atoms with Crippen molar-refractivity contribution in [1.82, 2.24) is 14.9 Å². The van der Waals surface area contributed by atoms with Gasteiger partial charge < -0.3 is 18.8 Å². The van der Waals surface area contributed by atoms with Crippen molar-refractivity contribution < 1.29 is 14.2 Å². The molecule has 4 aromatic rings. The Bertz CT molecular complexity index is 1460. The number of benzene rings is 3. The molecule has 2 heterocycles. The van der Waals surface area contributed by atoms with Crippen LogP contribution in [-0.2, 0) is 17.7 Å². The summed E-state index contributed by atoms with van der Waals surface area (Å²) in [7, 11) is 1.71. The lowest BCUT2D eigenvalue weighted by Crippen LogP contribution is -2.53. The molecule has 2 fully saturated rings. The van der Waals surface area contributed by atoms with Crippen LogP contribution in [-0.4, -0.2) is 28.8 Å². The number of aryl methyl sites for hydroxylation is 1. The maximum atomic E-state index is 7.18. The Labute approximate surface area is 260 Å². The first-order valence-corrected chi connectivity index (χ1v) is 16.1. The van der Waals surface area contributed by atoms with E-state index < -0.39 is 0 Å². The fraction of sp³-hybridized carbons (Fsp3) is 0.417. The topological polar surface area (TPSA) is 57.5 Å². The zero-order valence-electron chi connectivity index (χ0n) is 25.2. The molecule has 1 N–H and O–H groups in total. The summed E-state index contributed by atoms with van der Waals surface area (Å²) in [5, 5.41) is 4.27. The quantitative estimate of drug-likeness (QED) is 0.197. The monoisotopic (exact) mass is 599 g/mol. The van der Waals surface area contributed by atoms with Gasteiger partial charge in [0.25, 0.3) is 0 Å². The van der Waals surface area contributed by atoms with Crippen molar-refractivity contribution in [2.24, 2.45) is 0 Å². The maximum Gasteiger partial charge on any atom is 0.154 e. The third-order valence-electron chi connectivity index (χ3n) is 9.00. The van der Waals surface area contributed by atoms with Gasteiger partial charge in [-0.05, 0) is 66.8 Å². The summed E-state index contributed by atoms with van der Waals surface area (Å²) >= 11 is 6.97. The van der Waals surface area contributed by atoms with Gasteiger partial charge in [0.05, 0.1) is 12.7 Å². The highest BCUT2D eigenvalue weighted by atomic mass is 35.5. The Balaban J connectivity index is 1.28. The molecule has 0 bridgehead atoms. The Morgan fingerprint density at radius 2 is 1.63 bits per heavy atom. The third-order valence-corrected chi connectivity index (χ3v) is 9.28.